The largest absolute Gasteiger partial charge is 0.399 e. The maximum atomic E-state index is 13.5. The van der Waals surface area contributed by atoms with Crippen molar-refractivity contribution in [3.63, 3.8) is 0 Å². The molecule has 0 aromatic rings. The van der Waals surface area contributed by atoms with Gasteiger partial charge in [-0.25, -0.2) is 0 Å². The number of nitriles is 1. The van der Waals surface area contributed by atoms with Gasteiger partial charge in [-0.05, 0) is 47.1 Å². The highest BCUT2D eigenvalue weighted by Crippen LogP contribution is 2.65. The van der Waals surface area contributed by atoms with Gasteiger partial charge in [-0.3, -0.25) is 19.2 Å². The Labute approximate surface area is 208 Å². The molecule has 3 rings (SSSR count). The highest BCUT2D eigenvalue weighted by atomic mass is 35.5. The van der Waals surface area contributed by atoms with E-state index in [0.717, 1.165) is 0 Å². The van der Waals surface area contributed by atoms with E-state index >= 15 is 0 Å². The van der Waals surface area contributed by atoms with Gasteiger partial charge in [0.25, 0.3) is 0 Å². The van der Waals surface area contributed by atoms with Crippen LogP contribution in [-0.2, 0) is 19.2 Å². The second-order valence-corrected chi connectivity index (χ2v) is 11.8. The first-order valence-electron chi connectivity index (χ1n) is 11.7. The van der Waals surface area contributed by atoms with Gasteiger partial charge in [0.2, 0.25) is 17.7 Å². The Balaban J connectivity index is 1.81. The van der Waals surface area contributed by atoms with Crippen molar-refractivity contribution >= 4 is 35.2 Å². The van der Waals surface area contributed by atoms with E-state index in [9.17, 15) is 33.2 Å². The number of nitrogens with one attached hydrogen (secondary N) is 3. The minimum atomic E-state index is -4.19. The number of carbonyl (C=O) groups is 4. The number of nitrogens with zero attached hydrogens (tertiary/aromatic N) is 2. The van der Waals surface area contributed by atoms with Crippen LogP contribution in [-0.4, -0.2) is 65.1 Å². The molecular weight excluding hydrogens is 484 g/mol. The van der Waals surface area contributed by atoms with Crippen molar-refractivity contribution in [2.24, 2.45) is 28.6 Å². The van der Waals surface area contributed by atoms with Crippen molar-refractivity contribution in [1.29, 1.82) is 5.26 Å². The number of fused-ring (bicyclic) bond motifs is 1. The number of rotatable bonds is 7. The molecule has 0 spiro atoms. The van der Waals surface area contributed by atoms with Crippen LogP contribution in [0.3, 0.4) is 0 Å². The number of halogens is 3. The summed E-state index contributed by atoms with van der Waals surface area (Å²) in [7, 11) is 0. The van der Waals surface area contributed by atoms with E-state index in [-0.39, 0.29) is 42.0 Å². The normalized spacial score (nSPS) is 28.9. The summed E-state index contributed by atoms with van der Waals surface area (Å²) in [6.07, 6.45) is 0.717. The first kappa shape index (κ1) is 27.1. The quantitative estimate of drug-likeness (QED) is 0.441. The smallest absolute Gasteiger partial charge is 0.356 e. The Hall–Kier alpha value is -2.48. The molecule has 6 atom stereocenters. The lowest BCUT2D eigenvalue weighted by atomic mass is 9.85. The van der Waals surface area contributed by atoms with Gasteiger partial charge < -0.3 is 20.9 Å². The molecule has 0 aromatic heterocycles. The predicted octanol–water partition coefficient (Wildman–Crippen LogP) is 1.37. The first-order valence-corrected chi connectivity index (χ1v) is 12.0. The van der Waals surface area contributed by atoms with Crippen molar-refractivity contribution in [3.05, 3.63) is 0 Å². The molecule has 0 unspecified atom stereocenters. The van der Waals surface area contributed by atoms with Crippen LogP contribution >= 0.6 is 11.6 Å². The van der Waals surface area contributed by atoms with Gasteiger partial charge in [-0.1, -0.05) is 34.6 Å². The molecule has 0 aromatic carbocycles. The molecule has 194 valence electrons. The lowest BCUT2D eigenvalue weighted by Crippen LogP contribution is -2.61. The van der Waals surface area contributed by atoms with Crippen molar-refractivity contribution in [3.8, 4) is 6.07 Å². The average molecular weight is 516 g/mol. The summed E-state index contributed by atoms with van der Waals surface area (Å²) < 4.78 is 26.7. The molecule has 1 saturated carbocycles. The first-order chi connectivity index (χ1) is 16.0. The molecule has 4 amide bonds. The van der Waals surface area contributed by atoms with E-state index in [4.69, 9.17) is 11.6 Å². The molecule has 12 heteroatoms. The Morgan fingerprint density at radius 3 is 2.40 bits per heavy atom. The molecule has 1 aliphatic carbocycles. The van der Waals surface area contributed by atoms with Crippen LogP contribution in [0.15, 0.2) is 0 Å². The molecule has 35 heavy (non-hydrogen) atoms. The highest BCUT2D eigenvalue weighted by molar-refractivity contribution is 6.32. The molecule has 3 fully saturated rings. The highest BCUT2D eigenvalue weighted by Gasteiger charge is 2.70. The SMILES string of the molecule is CC(C)(C)[C@H](NC(=O)C(F)(F)Cl)C(=O)N1C[C@H]2[C@@H]([C@H]1C(=O)N[C@H](C#N)C[C@@H]1CCNC1=O)C2(C)C. The topological polar surface area (TPSA) is 131 Å². The zero-order valence-electron chi connectivity index (χ0n) is 20.5. The number of carbonyl (C=O) groups excluding carboxylic acids is 4. The molecule has 2 saturated heterocycles. The number of piperidine rings is 1. The summed E-state index contributed by atoms with van der Waals surface area (Å²) in [6, 6.07) is -1.21. The van der Waals surface area contributed by atoms with Gasteiger partial charge in [-0.15, -0.1) is 0 Å². The number of hydrogen-bond acceptors (Lipinski definition) is 5. The maximum Gasteiger partial charge on any atom is 0.399 e. The van der Waals surface area contributed by atoms with Crippen LogP contribution in [0.5, 0.6) is 0 Å². The van der Waals surface area contributed by atoms with Crippen LogP contribution < -0.4 is 16.0 Å². The molecule has 3 aliphatic rings. The second-order valence-electron chi connectivity index (χ2n) is 11.4. The molecule has 2 aliphatic heterocycles. The van der Waals surface area contributed by atoms with Crippen LogP contribution in [0.1, 0.15) is 47.5 Å². The average Bonchev–Trinajstić information content (AvgIpc) is 3.10. The maximum absolute atomic E-state index is 13.5. The van der Waals surface area contributed by atoms with Crippen LogP contribution in [0.2, 0.25) is 0 Å². The number of likely N-dealkylation sites (tertiary alicyclic amines) is 1. The van der Waals surface area contributed by atoms with Gasteiger partial charge in [0, 0.05) is 19.0 Å². The molecular formula is C23H32ClF2N5O4. The summed E-state index contributed by atoms with van der Waals surface area (Å²) >= 11 is 4.85. The van der Waals surface area contributed by atoms with Crippen LogP contribution in [0.4, 0.5) is 8.78 Å². The third kappa shape index (κ3) is 5.37. The predicted molar refractivity (Wildman–Crippen MR) is 122 cm³/mol. The van der Waals surface area contributed by atoms with Crippen molar-refractivity contribution in [1.82, 2.24) is 20.9 Å². The van der Waals surface area contributed by atoms with Crippen molar-refractivity contribution in [2.75, 3.05) is 13.1 Å². The standard InChI is InChI=1S/C23H32ClF2N5O4/c1-21(2,3)16(30-20(35)23(24,25)26)19(34)31-10-13-14(22(13,4)5)15(31)18(33)29-12(9-27)8-11-6-7-28-17(11)32/h11-16H,6-8,10H2,1-5H3,(H,28,32)(H,29,33)(H,30,35)/t11-,12-,13-,14-,15-,16+/m0/s1. The van der Waals surface area contributed by atoms with E-state index in [0.29, 0.717) is 13.0 Å². The summed E-state index contributed by atoms with van der Waals surface area (Å²) in [5.74, 6) is -3.73. The van der Waals surface area contributed by atoms with E-state index in [1.807, 2.05) is 25.2 Å². The monoisotopic (exact) mass is 515 g/mol. The second kappa shape index (κ2) is 9.19. The van der Waals surface area contributed by atoms with E-state index in [2.05, 4.69) is 10.6 Å². The summed E-state index contributed by atoms with van der Waals surface area (Å²) in [5, 5.41) is 12.8. The third-order valence-corrected chi connectivity index (χ3v) is 7.73. The van der Waals surface area contributed by atoms with E-state index in [1.54, 1.807) is 20.8 Å². The van der Waals surface area contributed by atoms with Gasteiger partial charge in [0.05, 0.1) is 6.07 Å². The lowest BCUT2D eigenvalue weighted by Gasteiger charge is -2.38. The fourth-order valence-corrected chi connectivity index (χ4v) is 5.45. The van der Waals surface area contributed by atoms with Crippen molar-refractivity contribution < 1.29 is 28.0 Å². The minimum Gasteiger partial charge on any atom is -0.356 e. The van der Waals surface area contributed by atoms with E-state index in [1.165, 1.54) is 4.90 Å². The van der Waals surface area contributed by atoms with Gasteiger partial charge in [0.15, 0.2) is 0 Å². The van der Waals surface area contributed by atoms with Crippen LogP contribution in [0.25, 0.3) is 0 Å². The minimum absolute atomic E-state index is 0.00846. The van der Waals surface area contributed by atoms with Crippen molar-refractivity contribution in [2.45, 2.75) is 71.0 Å². The number of amides is 4. The molecule has 2 heterocycles. The fourth-order valence-electron chi connectivity index (χ4n) is 5.40. The third-order valence-electron chi connectivity index (χ3n) is 7.56. The lowest BCUT2D eigenvalue weighted by molar-refractivity contribution is -0.148. The Kier molecular flexibility index (Phi) is 7.12. The number of hydrogen-bond donors (Lipinski definition) is 3. The van der Waals surface area contributed by atoms with Crippen LogP contribution in [0, 0.1) is 39.9 Å². The Bertz CT molecular complexity index is 955. The van der Waals surface area contributed by atoms with Gasteiger partial charge in [0.1, 0.15) is 18.1 Å². The Morgan fingerprint density at radius 2 is 1.91 bits per heavy atom. The Morgan fingerprint density at radius 1 is 1.29 bits per heavy atom. The van der Waals surface area contributed by atoms with E-state index < -0.39 is 46.6 Å². The van der Waals surface area contributed by atoms with Gasteiger partial charge in [-0.2, -0.15) is 14.0 Å². The summed E-state index contributed by atoms with van der Waals surface area (Å²) in [4.78, 5) is 52.0. The molecule has 9 nitrogen and oxygen atoms in total. The van der Waals surface area contributed by atoms with Gasteiger partial charge >= 0.3 is 11.3 Å². The zero-order valence-corrected chi connectivity index (χ0v) is 21.2. The molecule has 0 bridgehead atoms. The molecule has 0 radical (unpaired) electrons. The summed E-state index contributed by atoms with van der Waals surface area (Å²) in [5.41, 5.74) is -1.18. The summed E-state index contributed by atoms with van der Waals surface area (Å²) in [6.45, 7) is 9.51. The number of alkyl halides is 3. The molecule has 3 N–H and O–H groups in total. The fraction of sp³-hybridized carbons (Fsp3) is 0.783. The zero-order chi connectivity index (χ0) is 26.5.